The maximum atomic E-state index is 4.29. The van der Waals surface area contributed by atoms with Gasteiger partial charge < -0.3 is 0 Å². The van der Waals surface area contributed by atoms with Crippen molar-refractivity contribution in [3.63, 3.8) is 0 Å². The molecule has 4 heteroatoms. The van der Waals surface area contributed by atoms with E-state index in [1.54, 1.807) is 18.0 Å². The van der Waals surface area contributed by atoms with Crippen molar-refractivity contribution in [3.8, 4) is 11.3 Å². The van der Waals surface area contributed by atoms with E-state index in [1.807, 2.05) is 60.7 Å². The number of hydrogen-bond acceptors (Lipinski definition) is 4. The van der Waals surface area contributed by atoms with E-state index in [9.17, 15) is 0 Å². The van der Waals surface area contributed by atoms with Gasteiger partial charge in [-0.1, -0.05) is 48.2 Å². The van der Waals surface area contributed by atoms with Gasteiger partial charge in [0.05, 0.1) is 11.4 Å². The highest BCUT2D eigenvalue weighted by Crippen LogP contribution is 2.21. The minimum Gasteiger partial charge on any atom is -0.260 e. The summed E-state index contributed by atoms with van der Waals surface area (Å²) >= 11 is 1.64. The van der Waals surface area contributed by atoms with Crippen LogP contribution in [0.15, 0.2) is 71.9 Å². The predicted octanol–water partition coefficient (Wildman–Crippen LogP) is 3.83. The molecule has 0 aliphatic rings. The van der Waals surface area contributed by atoms with E-state index in [0.29, 0.717) is 0 Å². The largest absolute Gasteiger partial charge is 0.260 e. The Hall–Kier alpha value is -2.20. The second-order valence-corrected chi connectivity index (χ2v) is 5.23. The van der Waals surface area contributed by atoms with Gasteiger partial charge in [-0.05, 0) is 24.3 Å². The van der Waals surface area contributed by atoms with Crippen LogP contribution >= 0.6 is 11.8 Å². The van der Waals surface area contributed by atoms with E-state index >= 15 is 0 Å². The molecule has 0 bridgehead atoms. The average molecular weight is 279 g/mol. The van der Waals surface area contributed by atoms with Crippen LogP contribution in [0.4, 0.5) is 0 Å². The minimum absolute atomic E-state index is 0.806. The summed E-state index contributed by atoms with van der Waals surface area (Å²) < 4.78 is 0. The van der Waals surface area contributed by atoms with Crippen LogP contribution in [0.25, 0.3) is 11.3 Å². The van der Waals surface area contributed by atoms with Gasteiger partial charge >= 0.3 is 0 Å². The van der Waals surface area contributed by atoms with E-state index in [0.717, 1.165) is 27.7 Å². The van der Waals surface area contributed by atoms with Crippen LogP contribution in [0.2, 0.25) is 0 Å². The van der Waals surface area contributed by atoms with Crippen LogP contribution < -0.4 is 0 Å². The summed E-state index contributed by atoms with van der Waals surface area (Å²) in [6.45, 7) is 0. The highest BCUT2D eigenvalue weighted by atomic mass is 32.2. The molecule has 3 rings (SSSR count). The summed E-state index contributed by atoms with van der Waals surface area (Å²) in [4.78, 5) is 4.29. The summed E-state index contributed by atoms with van der Waals surface area (Å²) in [5.41, 5.74) is 3.03. The van der Waals surface area contributed by atoms with Crippen molar-refractivity contribution in [2.45, 2.75) is 10.8 Å². The summed E-state index contributed by atoms with van der Waals surface area (Å²) in [6, 6.07) is 20.0. The zero-order valence-electron chi connectivity index (χ0n) is 10.8. The molecular formula is C16H13N3S. The zero-order valence-corrected chi connectivity index (χ0v) is 11.6. The summed E-state index contributed by atoms with van der Waals surface area (Å²) in [7, 11) is 0. The Morgan fingerprint density at radius 1 is 0.800 bits per heavy atom. The highest BCUT2D eigenvalue weighted by Gasteiger charge is 2.02. The van der Waals surface area contributed by atoms with Crippen molar-refractivity contribution in [2.24, 2.45) is 0 Å². The molecule has 0 amide bonds. The lowest BCUT2D eigenvalue weighted by atomic mass is 10.1. The molecule has 1 aromatic carbocycles. The third-order valence-corrected chi connectivity index (χ3v) is 3.76. The first kappa shape index (κ1) is 12.8. The Morgan fingerprint density at radius 3 is 2.35 bits per heavy atom. The van der Waals surface area contributed by atoms with Crippen LogP contribution in [0.1, 0.15) is 5.69 Å². The minimum atomic E-state index is 0.806. The third kappa shape index (κ3) is 3.22. The van der Waals surface area contributed by atoms with Crippen molar-refractivity contribution in [1.82, 2.24) is 15.2 Å². The highest BCUT2D eigenvalue weighted by molar-refractivity contribution is 7.98. The molecule has 2 heterocycles. The first-order chi connectivity index (χ1) is 9.92. The van der Waals surface area contributed by atoms with Crippen molar-refractivity contribution in [1.29, 1.82) is 0 Å². The normalized spacial score (nSPS) is 10.4. The van der Waals surface area contributed by atoms with Gasteiger partial charge in [0.15, 0.2) is 0 Å². The van der Waals surface area contributed by atoms with Crippen LogP contribution in [-0.4, -0.2) is 15.2 Å². The molecule has 0 spiro atoms. The molecule has 0 unspecified atom stereocenters. The van der Waals surface area contributed by atoms with Crippen molar-refractivity contribution >= 4 is 11.8 Å². The quantitative estimate of drug-likeness (QED) is 0.680. The number of benzene rings is 1. The second-order valence-electron chi connectivity index (χ2n) is 4.23. The van der Waals surface area contributed by atoms with Gasteiger partial charge in [0.2, 0.25) is 0 Å². The standard InChI is InChI=1S/C16H13N3S/c1-2-6-13(7-3-1)15-9-10-16(19-18-15)20-12-14-8-4-5-11-17-14/h1-11H,12H2. The van der Waals surface area contributed by atoms with Crippen LogP contribution in [-0.2, 0) is 5.75 Å². The van der Waals surface area contributed by atoms with Crippen LogP contribution in [0.3, 0.4) is 0 Å². The molecule has 2 aromatic heterocycles. The molecule has 0 saturated heterocycles. The lowest BCUT2D eigenvalue weighted by Crippen LogP contribution is -1.90. The molecular weight excluding hydrogens is 266 g/mol. The topological polar surface area (TPSA) is 38.7 Å². The SMILES string of the molecule is c1ccc(-c2ccc(SCc3ccccn3)nn2)cc1. The Kier molecular flexibility index (Phi) is 4.04. The molecule has 3 aromatic rings. The Morgan fingerprint density at radius 2 is 1.65 bits per heavy atom. The average Bonchev–Trinajstić information content (AvgIpc) is 2.55. The molecule has 0 saturated carbocycles. The number of aromatic nitrogens is 3. The van der Waals surface area contributed by atoms with E-state index in [2.05, 4.69) is 15.2 Å². The van der Waals surface area contributed by atoms with E-state index in [4.69, 9.17) is 0 Å². The Labute approximate surface area is 122 Å². The maximum Gasteiger partial charge on any atom is 0.119 e. The lowest BCUT2D eigenvalue weighted by Gasteiger charge is -2.02. The fourth-order valence-electron chi connectivity index (χ4n) is 1.79. The fraction of sp³-hybridized carbons (Fsp3) is 0.0625. The van der Waals surface area contributed by atoms with Gasteiger partial charge in [-0.2, -0.15) is 0 Å². The number of hydrogen-bond donors (Lipinski definition) is 0. The first-order valence-electron chi connectivity index (χ1n) is 6.34. The second kappa shape index (κ2) is 6.30. The zero-order chi connectivity index (χ0) is 13.6. The lowest BCUT2D eigenvalue weighted by molar-refractivity contribution is 0.934. The monoisotopic (exact) mass is 279 g/mol. The molecule has 0 aliphatic carbocycles. The smallest absolute Gasteiger partial charge is 0.119 e. The Bertz CT molecular complexity index is 654. The third-order valence-electron chi connectivity index (χ3n) is 2.80. The number of thioether (sulfide) groups is 1. The summed E-state index contributed by atoms with van der Waals surface area (Å²) in [6.07, 6.45) is 1.81. The molecule has 3 nitrogen and oxygen atoms in total. The van der Waals surface area contributed by atoms with Crippen molar-refractivity contribution in [3.05, 3.63) is 72.6 Å². The van der Waals surface area contributed by atoms with E-state index in [-0.39, 0.29) is 0 Å². The van der Waals surface area contributed by atoms with Gasteiger partial charge in [-0.3, -0.25) is 4.98 Å². The molecule has 98 valence electrons. The van der Waals surface area contributed by atoms with Crippen molar-refractivity contribution in [2.75, 3.05) is 0 Å². The van der Waals surface area contributed by atoms with Gasteiger partial charge in [0.1, 0.15) is 5.03 Å². The molecule has 0 atom stereocenters. The molecule has 0 N–H and O–H groups in total. The fourth-order valence-corrected chi connectivity index (χ4v) is 2.52. The molecule has 20 heavy (non-hydrogen) atoms. The van der Waals surface area contributed by atoms with E-state index < -0.39 is 0 Å². The van der Waals surface area contributed by atoms with Gasteiger partial charge in [0.25, 0.3) is 0 Å². The van der Waals surface area contributed by atoms with E-state index in [1.165, 1.54) is 0 Å². The van der Waals surface area contributed by atoms with Gasteiger partial charge in [0, 0.05) is 17.5 Å². The summed E-state index contributed by atoms with van der Waals surface area (Å²) in [5, 5.41) is 9.44. The van der Waals surface area contributed by atoms with Gasteiger partial charge in [-0.15, -0.1) is 10.2 Å². The molecule has 0 aliphatic heterocycles. The predicted molar refractivity (Wildman–Crippen MR) is 81.3 cm³/mol. The summed E-state index contributed by atoms with van der Waals surface area (Å²) in [5.74, 6) is 0.806. The van der Waals surface area contributed by atoms with Gasteiger partial charge in [-0.25, -0.2) is 0 Å². The number of nitrogens with zero attached hydrogens (tertiary/aromatic N) is 3. The van der Waals surface area contributed by atoms with Crippen LogP contribution in [0, 0.1) is 0 Å². The Balaban J connectivity index is 1.68. The first-order valence-corrected chi connectivity index (χ1v) is 7.32. The number of pyridine rings is 1. The maximum absolute atomic E-state index is 4.29. The molecule has 0 fully saturated rings. The van der Waals surface area contributed by atoms with Crippen molar-refractivity contribution < 1.29 is 0 Å². The molecule has 0 radical (unpaired) electrons. The van der Waals surface area contributed by atoms with Crippen LogP contribution in [0.5, 0.6) is 0 Å². The number of rotatable bonds is 4.